The zero-order chi connectivity index (χ0) is 10.8. The van der Waals surface area contributed by atoms with Gasteiger partial charge in [0.2, 0.25) is 0 Å². The normalized spacial score (nSPS) is 21.0. The van der Waals surface area contributed by atoms with Gasteiger partial charge in [-0.1, -0.05) is 0 Å². The second kappa shape index (κ2) is 4.10. The van der Waals surface area contributed by atoms with E-state index in [1.165, 1.54) is 0 Å². The highest BCUT2D eigenvalue weighted by molar-refractivity contribution is 5.41. The van der Waals surface area contributed by atoms with Crippen molar-refractivity contribution in [2.45, 2.75) is 6.42 Å². The maximum Gasteiger partial charge on any atom is 0.168 e. The second-order valence-corrected chi connectivity index (χ2v) is 3.80. The molecule has 1 aromatic rings. The molecule has 1 aromatic heterocycles. The molecule has 15 heavy (non-hydrogen) atoms. The molecule has 0 bridgehead atoms. The number of hydrogen-bond acceptors (Lipinski definition) is 3. The van der Waals surface area contributed by atoms with E-state index in [4.69, 9.17) is 5.73 Å². The quantitative estimate of drug-likeness (QED) is 0.801. The van der Waals surface area contributed by atoms with Crippen LogP contribution in [0.1, 0.15) is 6.42 Å². The smallest absolute Gasteiger partial charge is 0.168 e. The first-order valence-corrected chi connectivity index (χ1v) is 4.96. The topological polar surface area (TPSA) is 42.1 Å². The lowest BCUT2D eigenvalue weighted by molar-refractivity contribution is 0.567. The van der Waals surface area contributed by atoms with Gasteiger partial charge in [-0.2, -0.15) is 0 Å². The number of pyridine rings is 1. The summed E-state index contributed by atoms with van der Waals surface area (Å²) in [5.74, 6) is -0.637. The van der Waals surface area contributed by atoms with Gasteiger partial charge in [0.25, 0.3) is 0 Å². The molecule has 0 saturated carbocycles. The minimum absolute atomic E-state index is 0.229. The Balaban J connectivity index is 2.17. The van der Waals surface area contributed by atoms with Crippen molar-refractivity contribution in [2.24, 2.45) is 11.7 Å². The summed E-state index contributed by atoms with van der Waals surface area (Å²) in [6.45, 7) is 2.03. The summed E-state index contributed by atoms with van der Waals surface area (Å²) in [7, 11) is 0. The molecule has 1 saturated heterocycles. The van der Waals surface area contributed by atoms with E-state index in [9.17, 15) is 8.78 Å². The van der Waals surface area contributed by atoms with Crippen LogP contribution in [0.5, 0.6) is 0 Å². The first-order chi connectivity index (χ1) is 7.20. The molecule has 2 heterocycles. The second-order valence-electron chi connectivity index (χ2n) is 3.80. The van der Waals surface area contributed by atoms with Crippen molar-refractivity contribution in [3.8, 4) is 0 Å². The van der Waals surface area contributed by atoms with Gasteiger partial charge in [0.15, 0.2) is 11.6 Å². The van der Waals surface area contributed by atoms with Gasteiger partial charge in [-0.3, -0.25) is 0 Å². The van der Waals surface area contributed by atoms with Crippen LogP contribution in [-0.4, -0.2) is 24.6 Å². The number of anilines is 1. The molecule has 1 unspecified atom stereocenters. The van der Waals surface area contributed by atoms with Gasteiger partial charge in [-0.05, 0) is 18.9 Å². The van der Waals surface area contributed by atoms with Gasteiger partial charge in [-0.25, -0.2) is 13.8 Å². The monoisotopic (exact) mass is 213 g/mol. The molecular weight excluding hydrogens is 200 g/mol. The Hall–Kier alpha value is -1.23. The van der Waals surface area contributed by atoms with Crippen molar-refractivity contribution in [2.75, 3.05) is 24.5 Å². The Kier molecular flexibility index (Phi) is 2.81. The van der Waals surface area contributed by atoms with Gasteiger partial charge >= 0.3 is 0 Å². The number of nitrogens with two attached hydrogens (primary N) is 1. The Bertz CT molecular complexity index is 357. The van der Waals surface area contributed by atoms with E-state index in [-0.39, 0.29) is 5.82 Å². The van der Waals surface area contributed by atoms with Crippen LogP contribution in [0.25, 0.3) is 0 Å². The molecule has 1 aliphatic heterocycles. The molecule has 2 N–H and O–H groups in total. The van der Waals surface area contributed by atoms with Crippen molar-refractivity contribution in [3.63, 3.8) is 0 Å². The fourth-order valence-corrected chi connectivity index (χ4v) is 1.86. The highest BCUT2D eigenvalue weighted by Gasteiger charge is 2.24. The number of aromatic nitrogens is 1. The first-order valence-electron chi connectivity index (χ1n) is 4.96. The van der Waals surface area contributed by atoms with Crippen LogP contribution < -0.4 is 10.6 Å². The number of rotatable bonds is 2. The molecule has 3 nitrogen and oxygen atoms in total. The van der Waals surface area contributed by atoms with E-state index in [1.807, 2.05) is 4.90 Å². The number of hydrogen-bond donors (Lipinski definition) is 1. The van der Waals surface area contributed by atoms with Gasteiger partial charge in [0.1, 0.15) is 5.82 Å². The third-order valence-corrected chi connectivity index (χ3v) is 2.71. The molecule has 82 valence electrons. The average Bonchev–Trinajstić information content (AvgIpc) is 2.66. The zero-order valence-corrected chi connectivity index (χ0v) is 8.29. The fraction of sp³-hybridized carbons (Fsp3) is 0.500. The lowest BCUT2D eigenvalue weighted by Gasteiger charge is -2.17. The lowest BCUT2D eigenvalue weighted by atomic mass is 10.1. The highest BCUT2D eigenvalue weighted by Crippen LogP contribution is 2.23. The van der Waals surface area contributed by atoms with Gasteiger partial charge in [0.05, 0.1) is 6.20 Å². The maximum atomic E-state index is 13.4. The third-order valence-electron chi connectivity index (χ3n) is 2.71. The molecule has 5 heteroatoms. The maximum absolute atomic E-state index is 13.4. The number of nitrogens with zero attached hydrogens (tertiary/aromatic N) is 2. The fourth-order valence-electron chi connectivity index (χ4n) is 1.86. The Morgan fingerprint density at radius 1 is 1.53 bits per heavy atom. The van der Waals surface area contributed by atoms with Crippen LogP contribution in [0.4, 0.5) is 14.6 Å². The molecule has 0 aliphatic carbocycles. The molecule has 0 aromatic carbocycles. The van der Waals surface area contributed by atoms with Crippen molar-refractivity contribution < 1.29 is 8.78 Å². The van der Waals surface area contributed by atoms with Crippen LogP contribution >= 0.6 is 0 Å². The summed E-state index contributed by atoms with van der Waals surface area (Å²) in [5, 5.41) is 0. The Labute approximate surface area is 86.9 Å². The van der Waals surface area contributed by atoms with Crippen molar-refractivity contribution in [1.82, 2.24) is 4.98 Å². The summed E-state index contributed by atoms with van der Waals surface area (Å²) < 4.78 is 26.0. The lowest BCUT2D eigenvalue weighted by Crippen LogP contribution is -2.24. The zero-order valence-electron chi connectivity index (χ0n) is 8.29. The summed E-state index contributed by atoms with van der Waals surface area (Å²) >= 11 is 0. The van der Waals surface area contributed by atoms with Crippen LogP contribution in [0.15, 0.2) is 12.3 Å². The van der Waals surface area contributed by atoms with E-state index in [0.717, 1.165) is 25.2 Å². The molecule has 1 aliphatic rings. The van der Waals surface area contributed by atoms with E-state index in [0.29, 0.717) is 19.0 Å². The summed E-state index contributed by atoms with van der Waals surface area (Å²) in [6.07, 6.45) is 1.98. The van der Waals surface area contributed by atoms with Gasteiger partial charge in [0, 0.05) is 19.2 Å². The van der Waals surface area contributed by atoms with Crippen LogP contribution in [0.2, 0.25) is 0 Å². The Morgan fingerprint density at radius 2 is 2.33 bits per heavy atom. The van der Waals surface area contributed by atoms with Crippen LogP contribution in [-0.2, 0) is 0 Å². The van der Waals surface area contributed by atoms with Gasteiger partial charge in [-0.15, -0.1) is 0 Å². The molecule has 2 rings (SSSR count). The summed E-state index contributed by atoms with van der Waals surface area (Å²) in [4.78, 5) is 5.58. The van der Waals surface area contributed by atoms with Crippen molar-refractivity contribution in [1.29, 1.82) is 0 Å². The molecule has 1 atom stereocenters. The SMILES string of the molecule is NCC1CCN(c2ncc(F)cc2F)C1. The summed E-state index contributed by atoms with van der Waals surface area (Å²) in [5.41, 5.74) is 5.54. The molecule has 0 spiro atoms. The molecular formula is C10H13F2N3. The molecule has 0 radical (unpaired) electrons. The van der Waals surface area contributed by atoms with Gasteiger partial charge < -0.3 is 10.6 Å². The van der Waals surface area contributed by atoms with Crippen molar-refractivity contribution in [3.05, 3.63) is 23.9 Å². The first kappa shape index (κ1) is 10.3. The van der Waals surface area contributed by atoms with E-state index in [1.54, 1.807) is 0 Å². The standard InChI is InChI=1S/C10H13F2N3/c11-8-3-9(12)10(14-5-8)15-2-1-7(4-13)6-15/h3,5,7H,1-2,4,6,13H2. The largest absolute Gasteiger partial charge is 0.354 e. The van der Waals surface area contributed by atoms with Crippen LogP contribution in [0.3, 0.4) is 0 Å². The van der Waals surface area contributed by atoms with E-state index in [2.05, 4.69) is 4.98 Å². The van der Waals surface area contributed by atoms with Crippen LogP contribution in [0, 0.1) is 17.6 Å². The molecule has 0 amide bonds. The van der Waals surface area contributed by atoms with Crippen molar-refractivity contribution >= 4 is 5.82 Å². The minimum Gasteiger partial charge on any atom is -0.354 e. The Morgan fingerprint density at radius 3 is 2.93 bits per heavy atom. The molecule has 1 fully saturated rings. The predicted octanol–water partition coefficient (Wildman–Crippen LogP) is 1.14. The van der Waals surface area contributed by atoms with E-state index >= 15 is 0 Å². The third kappa shape index (κ3) is 2.07. The number of halogens is 2. The minimum atomic E-state index is -0.647. The highest BCUT2D eigenvalue weighted by atomic mass is 19.1. The van der Waals surface area contributed by atoms with E-state index < -0.39 is 11.6 Å². The summed E-state index contributed by atoms with van der Waals surface area (Å²) in [6, 6.07) is 0.859. The average molecular weight is 213 g/mol. The predicted molar refractivity (Wildman–Crippen MR) is 53.5 cm³/mol.